The lowest BCUT2D eigenvalue weighted by atomic mass is 9.97. The number of amides is 1. The molecule has 2 heterocycles. The molecule has 2 aromatic rings. The summed E-state index contributed by atoms with van der Waals surface area (Å²) in [5.74, 6) is 0.762. The zero-order chi connectivity index (χ0) is 16.9. The lowest BCUT2D eigenvalue weighted by molar-refractivity contribution is -0.897. The lowest BCUT2D eigenvalue weighted by Crippen LogP contribution is -3.14. The largest absolute Gasteiger partial charge is 0.349 e. The number of carbonyl (C=O) groups excluding carboxylic acids is 1. The standard InChI is InChI=1S/C19H27N3OS/c1-3-6-14(2)20-18(23)13-22-11-9-15(10-12-22)19-21-16-7-4-5-8-17(16)24-19/h4-5,7-8,14-15H,3,6,9-13H2,1-2H3,(H,20,23)/p+1/t14-/m1/s1. The summed E-state index contributed by atoms with van der Waals surface area (Å²) in [4.78, 5) is 18.3. The topological polar surface area (TPSA) is 46.4 Å². The molecule has 1 aromatic carbocycles. The van der Waals surface area contributed by atoms with E-state index in [2.05, 4.69) is 43.4 Å². The smallest absolute Gasteiger partial charge is 0.275 e. The number of aromatic nitrogens is 1. The highest BCUT2D eigenvalue weighted by molar-refractivity contribution is 7.18. The van der Waals surface area contributed by atoms with Gasteiger partial charge in [0.25, 0.3) is 5.91 Å². The Morgan fingerprint density at radius 1 is 1.38 bits per heavy atom. The Hall–Kier alpha value is -1.46. The summed E-state index contributed by atoms with van der Waals surface area (Å²) >= 11 is 1.83. The minimum atomic E-state index is 0.199. The molecule has 1 atom stereocenters. The predicted molar refractivity (Wildman–Crippen MR) is 99.7 cm³/mol. The minimum Gasteiger partial charge on any atom is -0.349 e. The summed E-state index contributed by atoms with van der Waals surface area (Å²) in [6.07, 6.45) is 4.43. The highest BCUT2D eigenvalue weighted by Gasteiger charge is 2.27. The van der Waals surface area contributed by atoms with Crippen LogP contribution in [-0.2, 0) is 4.79 Å². The fourth-order valence-corrected chi connectivity index (χ4v) is 4.71. The third kappa shape index (κ3) is 4.33. The van der Waals surface area contributed by atoms with E-state index in [4.69, 9.17) is 4.98 Å². The predicted octanol–water partition coefficient (Wildman–Crippen LogP) is 2.36. The van der Waals surface area contributed by atoms with Gasteiger partial charge in [-0.2, -0.15) is 0 Å². The van der Waals surface area contributed by atoms with Crippen molar-refractivity contribution in [2.45, 2.75) is 51.5 Å². The molecule has 130 valence electrons. The monoisotopic (exact) mass is 346 g/mol. The van der Waals surface area contributed by atoms with Crippen LogP contribution in [0.2, 0.25) is 0 Å². The van der Waals surface area contributed by atoms with Crippen LogP contribution < -0.4 is 10.2 Å². The molecule has 4 nitrogen and oxygen atoms in total. The van der Waals surface area contributed by atoms with Gasteiger partial charge in [0.05, 0.1) is 28.3 Å². The van der Waals surface area contributed by atoms with E-state index in [9.17, 15) is 4.79 Å². The molecular formula is C19H28N3OS+. The summed E-state index contributed by atoms with van der Waals surface area (Å²) in [7, 11) is 0. The second-order valence-corrected chi connectivity index (χ2v) is 8.04. The Balaban J connectivity index is 1.49. The Kier molecular flexibility index (Phi) is 5.85. The molecule has 0 bridgehead atoms. The molecule has 0 radical (unpaired) electrons. The van der Waals surface area contributed by atoms with Crippen molar-refractivity contribution >= 4 is 27.5 Å². The highest BCUT2D eigenvalue weighted by atomic mass is 32.1. The van der Waals surface area contributed by atoms with Crippen LogP contribution in [-0.4, -0.2) is 36.6 Å². The number of piperidine rings is 1. The van der Waals surface area contributed by atoms with Gasteiger partial charge in [0.1, 0.15) is 0 Å². The molecule has 0 unspecified atom stereocenters. The van der Waals surface area contributed by atoms with Crippen LogP contribution in [0.3, 0.4) is 0 Å². The maximum Gasteiger partial charge on any atom is 0.275 e. The number of likely N-dealkylation sites (tertiary alicyclic amines) is 1. The number of nitrogens with zero attached hydrogens (tertiary/aromatic N) is 1. The zero-order valence-electron chi connectivity index (χ0n) is 14.7. The normalized spacial score (nSPS) is 22.4. The maximum atomic E-state index is 12.1. The van der Waals surface area contributed by atoms with E-state index in [0.717, 1.165) is 44.3 Å². The molecule has 5 heteroatoms. The molecule has 0 saturated carbocycles. The molecule has 2 N–H and O–H groups in total. The quantitative estimate of drug-likeness (QED) is 0.843. The summed E-state index contributed by atoms with van der Waals surface area (Å²) < 4.78 is 1.28. The summed E-state index contributed by atoms with van der Waals surface area (Å²) in [5, 5.41) is 4.39. The fourth-order valence-electron chi connectivity index (χ4n) is 3.57. The number of para-hydroxylation sites is 1. The van der Waals surface area contributed by atoms with Crippen LogP contribution in [0.25, 0.3) is 10.2 Å². The second kappa shape index (κ2) is 8.08. The van der Waals surface area contributed by atoms with E-state index in [-0.39, 0.29) is 5.91 Å². The fraction of sp³-hybridized carbons (Fsp3) is 0.579. The number of benzene rings is 1. The first-order chi connectivity index (χ1) is 11.7. The van der Waals surface area contributed by atoms with E-state index < -0.39 is 0 Å². The van der Waals surface area contributed by atoms with Crippen LogP contribution in [0.5, 0.6) is 0 Å². The summed E-state index contributed by atoms with van der Waals surface area (Å²) in [5.41, 5.74) is 1.12. The van der Waals surface area contributed by atoms with E-state index in [1.165, 1.54) is 14.6 Å². The van der Waals surface area contributed by atoms with Crippen molar-refractivity contribution in [3.63, 3.8) is 0 Å². The van der Waals surface area contributed by atoms with Gasteiger partial charge in [-0.1, -0.05) is 25.5 Å². The molecule has 1 amide bonds. The van der Waals surface area contributed by atoms with Gasteiger partial charge in [0.2, 0.25) is 0 Å². The Morgan fingerprint density at radius 3 is 2.83 bits per heavy atom. The van der Waals surface area contributed by atoms with Gasteiger partial charge in [-0.05, 0) is 25.5 Å². The van der Waals surface area contributed by atoms with Gasteiger partial charge in [0, 0.05) is 24.8 Å². The van der Waals surface area contributed by atoms with Crippen molar-refractivity contribution < 1.29 is 9.69 Å². The van der Waals surface area contributed by atoms with Gasteiger partial charge in [-0.15, -0.1) is 11.3 Å². The first-order valence-corrected chi connectivity index (χ1v) is 9.95. The number of rotatable bonds is 6. The molecule has 3 rings (SSSR count). The number of hydrogen-bond acceptors (Lipinski definition) is 3. The van der Waals surface area contributed by atoms with E-state index >= 15 is 0 Å². The number of quaternary nitrogens is 1. The Morgan fingerprint density at radius 2 is 2.12 bits per heavy atom. The van der Waals surface area contributed by atoms with Crippen LogP contribution >= 0.6 is 11.3 Å². The number of thiazole rings is 1. The van der Waals surface area contributed by atoms with Crippen LogP contribution in [0.15, 0.2) is 24.3 Å². The van der Waals surface area contributed by atoms with Gasteiger partial charge in [-0.25, -0.2) is 4.98 Å². The zero-order valence-corrected chi connectivity index (χ0v) is 15.5. The van der Waals surface area contributed by atoms with Crippen molar-refractivity contribution in [1.29, 1.82) is 0 Å². The van der Waals surface area contributed by atoms with Crippen molar-refractivity contribution in [3.8, 4) is 0 Å². The van der Waals surface area contributed by atoms with Crippen LogP contribution in [0.4, 0.5) is 0 Å². The average molecular weight is 347 g/mol. The minimum absolute atomic E-state index is 0.199. The average Bonchev–Trinajstić information content (AvgIpc) is 2.99. The molecule has 1 aliphatic rings. The molecule has 0 spiro atoms. The lowest BCUT2D eigenvalue weighted by Gasteiger charge is -2.28. The number of carbonyl (C=O) groups is 1. The van der Waals surface area contributed by atoms with Gasteiger partial charge >= 0.3 is 0 Å². The molecule has 1 saturated heterocycles. The van der Waals surface area contributed by atoms with Crippen LogP contribution in [0.1, 0.15) is 50.5 Å². The van der Waals surface area contributed by atoms with Crippen molar-refractivity contribution in [2.24, 2.45) is 0 Å². The Labute approximate surface area is 148 Å². The molecule has 24 heavy (non-hydrogen) atoms. The third-order valence-corrected chi connectivity index (χ3v) is 6.09. The van der Waals surface area contributed by atoms with Crippen molar-refractivity contribution in [3.05, 3.63) is 29.3 Å². The van der Waals surface area contributed by atoms with Gasteiger partial charge in [0.15, 0.2) is 6.54 Å². The Bertz CT molecular complexity index is 643. The molecule has 1 aromatic heterocycles. The molecule has 1 aliphatic heterocycles. The molecule has 0 aliphatic carbocycles. The third-order valence-electron chi connectivity index (χ3n) is 4.89. The number of hydrogen-bond donors (Lipinski definition) is 2. The van der Waals surface area contributed by atoms with E-state index in [1.54, 1.807) is 0 Å². The first kappa shape index (κ1) is 17.4. The number of nitrogens with one attached hydrogen (secondary N) is 2. The molecular weight excluding hydrogens is 318 g/mol. The van der Waals surface area contributed by atoms with Gasteiger partial charge in [-0.3, -0.25) is 4.79 Å². The van der Waals surface area contributed by atoms with Crippen molar-refractivity contribution in [2.75, 3.05) is 19.6 Å². The van der Waals surface area contributed by atoms with Gasteiger partial charge < -0.3 is 10.2 Å². The number of fused-ring (bicyclic) bond motifs is 1. The van der Waals surface area contributed by atoms with E-state index in [0.29, 0.717) is 18.5 Å². The SMILES string of the molecule is CCC[C@@H](C)NC(=O)C[NH+]1CCC(c2nc3ccccc3s2)CC1. The van der Waals surface area contributed by atoms with Crippen LogP contribution in [0, 0.1) is 0 Å². The van der Waals surface area contributed by atoms with E-state index in [1.807, 2.05) is 11.3 Å². The first-order valence-electron chi connectivity index (χ1n) is 9.14. The summed E-state index contributed by atoms with van der Waals surface area (Å²) in [6, 6.07) is 8.67. The van der Waals surface area contributed by atoms with Crippen molar-refractivity contribution in [1.82, 2.24) is 10.3 Å². The molecule has 1 fully saturated rings. The summed E-state index contributed by atoms with van der Waals surface area (Å²) in [6.45, 7) is 6.99. The second-order valence-electron chi connectivity index (χ2n) is 6.98. The highest BCUT2D eigenvalue weighted by Crippen LogP contribution is 2.31. The maximum absolute atomic E-state index is 12.1.